The van der Waals surface area contributed by atoms with Crippen LogP contribution in [0.25, 0.3) is 11.2 Å². The van der Waals surface area contributed by atoms with E-state index in [4.69, 9.17) is 4.74 Å². The number of H-pyrrole nitrogens is 1. The fourth-order valence-electron chi connectivity index (χ4n) is 2.88. The van der Waals surface area contributed by atoms with E-state index in [1.807, 2.05) is 4.57 Å². The van der Waals surface area contributed by atoms with Crippen LogP contribution in [-0.4, -0.2) is 45.9 Å². The number of nitrogens with one attached hydrogen (secondary N) is 2. The number of hydrogen-bond acceptors (Lipinski definition) is 4. The fraction of sp³-hybridized carbons (Fsp3) is 0.688. The van der Waals surface area contributed by atoms with Gasteiger partial charge in [-0.1, -0.05) is 13.3 Å². The van der Waals surface area contributed by atoms with Gasteiger partial charge in [-0.3, -0.25) is 14.3 Å². The van der Waals surface area contributed by atoms with Crippen molar-refractivity contribution in [3.63, 3.8) is 0 Å². The minimum atomic E-state index is -0.443. The maximum absolute atomic E-state index is 12.3. The Bertz CT molecular complexity index is 789. The van der Waals surface area contributed by atoms with Gasteiger partial charge in [-0.05, 0) is 13.3 Å². The van der Waals surface area contributed by atoms with Crippen LogP contribution in [0.5, 0.6) is 0 Å². The third-order valence-electron chi connectivity index (χ3n) is 4.40. The van der Waals surface area contributed by atoms with Crippen LogP contribution < -0.4 is 16.1 Å². The zero-order valence-corrected chi connectivity index (χ0v) is 15.0. The van der Waals surface area contributed by atoms with Crippen LogP contribution in [0.15, 0.2) is 9.59 Å². The molecule has 1 unspecified atom stereocenters. The summed E-state index contributed by atoms with van der Waals surface area (Å²) in [5, 5.41) is 0. The summed E-state index contributed by atoms with van der Waals surface area (Å²) in [4.78, 5) is 32.5. The van der Waals surface area contributed by atoms with E-state index in [1.165, 1.54) is 9.47 Å². The second-order valence-corrected chi connectivity index (χ2v) is 6.05. The van der Waals surface area contributed by atoms with E-state index in [1.54, 1.807) is 14.2 Å². The molecule has 0 saturated carbocycles. The largest absolute Gasteiger partial charge is 0.383 e. The molecule has 2 N–H and O–H groups in total. The SMILES string of the molecule is CCCC[NH+](CC)Cc1nc2c(c(=O)[nH]c(=O)n2C)n1CCOC. The fourth-order valence-corrected chi connectivity index (χ4v) is 2.88. The van der Waals surface area contributed by atoms with Crippen molar-refractivity contribution < 1.29 is 9.64 Å². The molecule has 0 radical (unpaired) electrons. The molecule has 2 aromatic rings. The predicted molar refractivity (Wildman–Crippen MR) is 92.5 cm³/mol. The molecule has 0 bridgehead atoms. The van der Waals surface area contributed by atoms with Crippen LogP contribution in [0.2, 0.25) is 0 Å². The van der Waals surface area contributed by atoms with Gasteiger partial charge in [0.05, 0.1) is 19.7 Å². The number of nitrogens with zero attached hydrogens (tertiary/aromatic N) is 3. The number of aryl methyl sites for hydroxylation is 1. The Morgan fingerprint density at radius 1 is 1.29 bits per heavy atom. The number of hydrogen-bond donors (Lipinski definition) is 2. The molecule has 2 heterocycles. The van der Waals surface area contributed by atoms with Crippen molar-refractivity contribution in [2.45, 2.75) is 39.8 Å². The molecule has 0 spiro atoms. The number of quaternary nitrogens is 1. The van der Waals surface area contributed by atoms with Gasteiger partial charge in [-0.25, -0.2) is 9.78 Å². The van der Waals surface area contributed by atoms with Crippen molar-refractivity contribution in [2.75, 3.05) is 26.8 Å². The first kappa shape index (κ1) is 18.4. The molecule has 24 heavy (non-hydrogen) atoms. The standard InChI is InChI=1S/C16H27N5O3/c1-5-7-8-20(6-2)11-12-17-14-13(21(12)9-10-24-4)15(22)18-16(23)19(14)3/h5-11H2,1-4H3,(H,18,22,23)/p+1. The molecule has 0 aliphatic heterocycles. The quantitative estimate of drug-likeness (QED) is 0.631. The molecule has 0 amide bonds. The zero-order chi connectivity index (χ0) is 17.7. The van der Waals surface area contributed by atoms with Crippen LogP contribution in [0.4, 0.5) is 0 Å². The summed E-state index contributed by atoms with van der Waals surface area (Å²) < 4.78 is 8.45. The van der Waals surface area contributed by atoms with Gasteiger partial charge in [0.2, 0.25) is 0 Å². The molecule has 8 heteroatoms. The van der Waals surface area contributed by atoms with E-state index in [-0.39, 0.29) is 0 Å². The Morgan fingerprint density at radius 2 is 2.04 bits per heavy atom. The number of aromatic nitrogens is 4. The van der Waals surface area contributed by atoms with Crippen LogP contribution in [-0.2, 0) is 24.9 Å². The molecule has 1 atom stereocenters. The van der Waals surface area contributed by atoms with Gasteiger partial charge in [0.15, 0.2) is 17.0 Å². The van der Waals surface area contributed by atoms with Crippen molar-refractivity contribution in [3.05, 3.63) is 26.7 Å². The summed E-state index contributed by atoms with van der Waals surface area (Å²) in [6.07, 6.45) is 2.30. The second kappa shape index (κ2) is 8.25. The van der Waals surface area contributed by atoms with Gasteiger partial charge in [0.25, 0.3) is 5.56 Å². The second-order valence-electron chi connectivity index (χ2n) is 6.05. The summed E-state index contributed by atoms with van der Waals surface area (Å²) in [6, 6.07) is 0. The Hall–Kier alpha value is -1.93. The van der Waals surface area contributed by atoms with Gasteiger partial charge in [-0.15, -0.1) is 0 Å². The maximum Gasteiger partial charge on any atom is 0.329 e. The predicted octanol–water partition coefficient (Wildman–Crippen LogP) is -0.725. The van der Waals surface area contributed by atoms with E-state index >= 15 is 0 Å². The van der Waals surface area contributed by atoms with Crippen LogP contribution in [0, 0.1) is 0 Å². The smallest absolute Gasteiger partial charge is 0.329 e. The lowest BCUT2D eigenvalue weighted by molar-refractivity contribution is -0.913. The highest BCUT2D eigenvalue weighted by Crippen LogP contribution is 2.10. The first-order valence-electron chi connectivity index (χ1n) is 8.54. The Labute approximate surface area is 141 Å². The lowest BCUT2D eigenvalue weighted by Crippen LogP contribution is -3.10. The van der Waals surface area contributed by atoms with Crippen molar-refractivity contribution in [2.24, 2.45) is 7.05 Å². The molecule has 0 fully saturated rings. The molecule has 2 rings (SSSR count). The first-order valence-corrected chi connectivity index (χ1v) is 8.54. The summed E-state index contributed by atoms with van der Waals surface area (Å²) in [5.41, 5.74) is 0.0339. The molecule has 0 aliphatic carbocycles. The number of methoxy groups -OCH3 is 1. The number of ether oxygens (including phenoxy) is 1. The number of imidazole rings is 1. The van der Waals surface area contributed by atoms with E-state index in [9.17, 15) is 9.59 Å². The molecule has 0 aromatic carbocycles. The van der Waals surface area contributed by atoms with Gasteiger partial charge in [-0.2, -0.15) is 0 Å². The maximum atomic E-state index is 12.3. The molecule has 0 saturated heterocycles. The van der Waals surface area contributed by atoms with E-state index in [0.717, 1.165) is 38.3 Å². The normalized spacial score (nSPS) is 12.8. The van der Waals surface area contributed by atoms with Gasteiger partial charge < -0.3 is 14.2 Å². The third kappa shape index (κ3) is 3.76. The lowest BCUT2D eigenvalue weighted by atomic mass is 10.3. The number of fused-ring (bicyclic) bond motifs is 1. The molecule has 0 aliphatic rings. The summed E-state index contributed by atoms with van der Waals surface area (Å²) in [6.45, 7) is 8.12. The summed E-state index contributed by atoms with van der Waals surface area (Å²) >= 11 is 0. The minimum absolute atomic E-state index is 0.394. The molecule has 2 aromatic heterocycles. The topological polar surface area (TPSA) is 86.4 Å². The highest BCUT2D eigenvalue weighted by atomic mass is 16.5. The van der Waals surface area contributed by atoms with E-state index < -0.39 is 11.2 Å². The van der Waals surface area contributed by atoms with E-state index in [0.29, 0.717) is 24.3 Å². The molecular formula is C16H28N5O3+. The monoisotopic (exact) mass is 338 g/mol. The lowest BCUT2D eigenvalue weighted by Gasteiger charge is -2.17. The first-order chi connectivity index (χ1) is 11.5. The number of unbranched alkanes of at least 4 members (excludes halogenated alkanes) is 1. The Kier molecular flexibility index (Phi) is 6.33. The minimum Gasteiger partial charge on any atom is -0.383 e. The summed E-state index contributed by atoms with van der Waals surface area (Å²) in [7, 11) is 3.25. The average Bonchev–Trinajstić information content (AvgIpc) is 2.93. The van der Waals surface area contributed by atoms with Gasteiger partial charge in [0, 0.05) is 20.7 Å². The van der Waals surface area contributed by atoms with Crippen molar-refractivity contribution >= 4 is 11.2 Å². The number of aromatic amines is 1. The average molecular weight is 338 g/mol. The molecular weight excluding hydrogens is 310 g/mol. The zero-order valence-electron chi connectivity index (χ0n) is 15.0. The van der Waals surface area contributed by atoms with Crippen molar-refractivity contribution in [3.8, 4) is 0 Å². The Balaban J connectivity index is 2.51. The third-order valence-corrected chi connectivity index (χ3v) is 4.40. The van der Waals surface area contributed by atoms with Crippen molar-refractivity contribution in [1.29, 1.82) is 0 Å². The van der Waals surface area contributed by atoms with Crippen LogP contribution in [0.3, 0.4) is 0 Å². The highest BCUT2D eigenvalue weighted by Gasteiger charge is 2.20. The highest BCUT2D eigenvalue weighted by molar-refractivity contribution is 5.70. The van der Waals surface area contributed by atoms with E-state index in [2.05, 4.69) is 23.8 Å². The number of rotatable bonds is 9. The molecule has 8 nitrogen and oxygen atoms in total. The van der Waals surface area contributed by atoms with Crippen molar-refractivity contribution in [1.82, 2.24) is 19.1 Å². The summed E-state index contributed by atoms with van der Waals surface area (Å²) in [5.74, 6) is 0.821. The Morgan fingerprint density at radius 3 is 2.67 bits per heavy atom. The molecule has 134 valence electrons. The van der Waals surface area contributed by atoms with Crippen LogP contribution in [0.1, 0.15) is 32.5 Å². The van der Waals surface area contributed by atoms with Crippen LogP contribution >= 0.6 is 0 Å². The van der Waals surface area contributed by atoms with Gasteiger partial charge >= 0.3 is 5.69 Å². The van der Waals surface area contributed by atoms with Gasteiger partial charge in [0.1, 0.15) is 6.54 Å².